The number of amides is 1. The normalized spacial score (nSPS) is 10.5. The summed E-state index contributed by atoms with van der Waals surface area (Å²) in [4.78, 5) is 25.2. The zero-order chi connectivity index (χ0) is 21.8. The molecule has 0 aliphatic rings. The largest absolute Gasteiger partial charge is 0.497 e. The average Bonchev–Trinajstić information content (AvgIpc) is 2.79. The number of anilines is 4. The summed E-state index contributed by atoms with van der Waals surface area (Å²) < 4.78 is 5.10. The van der Waals surface area contributed by atoms with Crippen molar-refractivity contribution in [2.75, 3.05) is 23.6 Å². The van der Waals surface area contributed by atoms with Crippen molar-refractivity contribution in [2.45, 2.75) is 6.92 Å². The maximum atomic E-state index is 12.4. The number of hydrogen-bond acceptors (Lipinski definition) is 8. The molecule has 9 nitrogen and oxygen atoms in total. The number of carbonyl (C=O) groups is 1. The van der Waals surface area contributed by atoms with Crippen LogP contribution >= 0.6 is 0 Å². The zero-order valence-corrected chi connectivity index (χ0v) is 17.0. The fourth-order valence-electron chi connectivity index (χ4n) is 3.02. The minimum Gasteiger partial charge on any atom is -0.497 e. The second-order valence-electron chi connectivity index (χ2n) is 6.74. The molecule has 0 radical (unpaired) electrons. The Morgan fingerprint density at radius 1 is 1.00 bits per heavy atom. The van der Waals surface area contributed by atoms with Gasteiger partial charge in [0.15, 0.2) is 11.6 Å². The fourth-order valence-corrected chi connectivity index (χ4v) is 3.02. The van der Waals surface area contributed by atoms with Crippen LogP contribution in [-0.4, -0.2) is 28.0 Å². The van der Waals surface area contributed by atoms with E-state index in [-0.39, 0.29) is 17.4 Å². The van der Waals surface area contributed by atoms with Gasteiger partial charge in [-0.1, -0.05) is 6.07 Å². The predicted octanol–water partition coefficient (Wildman–Crippen LogP) is 3.42. The Morgan fingerprint density at radius 2 is 1.77 bits per heavy atom. The first-order valence-corrected chi connectivity index (χ1v) is 9.49. The van der Waals surface area contributed by atoms with E-state index in [2.05, 4.69) is 31.1 Å². The summed E-state index contributed by atoms with van der Waals surface area (Å²) in [6.45, 7) is 1.94. The molecule has 4 rings (SSSR count). The van der Waals surface area contributed by atoms with Gasteiger partial charge in [0, 0.05) is 22.3 Å². The molecule has 4 aromatic rings. The van der Waals surface area contributed by atoms with Crippen molar-refractivity contribution in [1.29, 1.82) is 0 Å². The molecule has 2 aromatic heterocycles. The van der Waals surface area contributed by atoms with E-state index in [1.807, 2.05) is 37.3 Å². The van der Waals surface area contributed by atoms with Crippen molar-refractivity contribution in [3.63, 3.8) is 0 Å². The summed E-state index contributed by atoms with van der Waals surface area (Å²) in [5.74, 6) is 1.00. The van der Waals surface area contributed by atoms with E-state index in [1.54, 1.807) is 31.4 Å². The Hall–Kier alpha value is -4.40. The molecule has 9 heteroatoms. The fraction of sp³-hybridized carbons (Fsp3) is 0.0909. The van der Waals surface area contributed by atoms with E-state index in [0.717, 1.165) is 22.3 Å². The molecule has 0 saturated carbocycles. The summed E-state index contributed by atoms with van der Waals surface area (Å²) >= 11 is 0. The summed E-state index contributed by atoms with van der Waals surface area (Å²) in [6, 6.07) is 16.4. The summed E-state index contributed by atoms with van der Waals surface area (Å²) in [7, 11) is 1.57. The molecular formula is C22H21N7O2. The van der Waals surface area contributed by atoms with E-state index >= 15 is 0 Å². The number of pyridine rings is 1. The van der Waals surface area contributed by atoms with Crippen molar-refractivity contribution >= 4 is 39.8 Å². The molecule has 5 N–H and O–H groups in total. The summed E-state index contributed by atoms with van der Waals surface area (Å²) in [5.41, 5.74) is 14.9. The van der Waals surface area contributed by atoms with Crippen LogP contribution in [0.2, 0.25) is 0 Å². The Balaban J connectivity index is 1.51. The van der Waals surface area contributed by atoms with Crippen LogP contribution in [0.3, 0.4) is 0 Å². The number of benzene rings is 2. The van der Waals surface area contributed by atoms with Crippen LogP contribution in [-0.2, 0) is 0 Å². The predicted molar refractivity (Wildman–Crippen MR) is 120 cm³/mol. The van der Waals surface area contributed by atoms with Crippen molar-refractivity contribution in [1.82, 2.24) is 20.4 Å². The summed E-state index contributed by atoms with van der Waals surface area (Å²) in [6.07, 6.45) is 1.36. The molecule has 0 atom stereocenters. The van der Waals surface area contributed by atoms with Gasteiger partial charge in [-0.3, -0.25) is 20.6 Å². The maximum absolute atomic E-state index is 12.4. The van der Waals surface area contributed by atoms with Gasteiger partial charge in [0.1, 0.15) is 17.8 Å². The number of nitrogens with one attached hydrogen (secondary N) is 3. The molecule has 2 aromatic carbocycles. The van der Waals surface area contributed by atoms with Gasteiger partial charge >= 0.3 is 0 Å². The van der Waals surface area contributed by atoms with E-state index in [4.69, 9.17) is 10.5 Å². The molecule has 0 bridgehead atoms. The Kier molecular flexibility index (Phi) is 5.48. The Morgan fingerprint density at radius 3 is 2.55 bits per heavy atom. The van der Waals surface area contributed by atoms with Crippen LogP contribution in [0.15, 0.2) is 60.9 Å². The van der Waals surface area contributed by atoms with Crippen LogP contribution < -0.4 is 26.6 Å². The molecule has 31 heavy (non-hydrogen) atoms. The first kappa shape index (κ1) is 19.9. The molecule has 2 heterocycles. The number of rotatable bonds is 6. The summed E-state index contributed by atoms with van der Waals surface area (Å²) in [5, 5.41) is 4.16. The second-order valence-corrected chi connectivity index (χ2v) is 6.74. The number of nitrogens with zero attached hydrogens (tertiary/aromatic N) is 3. The lowest BCUT2D eigenvalue weighted by Crippen LogP contribution is -2.30. The highest BCUT2D eigenvalue weighted by molar-refractivity contribution is 5.96. The monoisotopic (exact) mass is 415 g/mol. The third-order valence-corrected chi connectivity index (χ3v) is 4.65. The lowest BCUT2D eigenvalue weighted by Gasteiger charge is -2.14. The van der Waals surface area contributed by atoms with Crippen molar-refractivity contribution in [3.05, 3.63) is 72.2 Å². The van der Waals surface area contributed by atoms with Crippen LogP contribution in [0.5, 0.6) is 5.75 Å². The second kappa shape index (κ2) is 8.54. The molecule has 1 amide bonds. The Labute approximate surface area is 178 Å². The first-order valence-electron chi connectivity index (χ1n) is 9.49. The number of hydrogen-bond donors (Lipinski definition) is 4. The number of hydrazine groups is 1. The highest BCUT2D eigenvalue weighted by atomic mass is 16.5. The number of carbonyl (C=O) groups excluding carboxylic acids is 1. The minimum atomic E-state index is -0.342. The number of fused-ring (bicyclic) bond motifs is 1. The number of nitrogen functional groups attached to an aromatic ring is 1. The Bertz CT molecular complexity index is 1240. The highest BCUT2D eigenvalue weighted by Crippen LogP contribution is 2.29. The number of methoxy groups -OCH3 is 1. The lowest BCUT2D eigenvalue weighted by atomic mass is 10.1. The van der Waals surface area contributed by atoms with Gasteiger partial charge in [0.25, 0.3) is 5.91 Å². The van der Waals surface area contributed by atoms with Crippen LogP contribution in [0.4, 0.5) is 23.0 Å². The van der Waals surface area contributed by atoms with Gasteiger partial charge in [-0.15, -0.1) is 0 Å². The average molecular weight is 415 g/mol. The zero-order valence-electron chi connectivity index (χ0n) is 17.0. The molecule has 156 valence electrons. The van der Waals surface area contributed by atoms with Gasteiger partial charge in [-0.25, -0.2) is 9.97 Å². The third kappa shape index (κ3) is 4.30. The lowest BCUT2D eigenvalue weighted by molar-refractivity contribution is 0.0962. The van der Waals surface area contributed by atoms with Gasteiger partial charge in [0.05, 0.1) is 12.6 Å². The van der Waals surface area contributed by atoms with Gasteiger partial charge in [0.2, 0.25) is 0 Å². The van der Waals surface area contributed by atoms with Crippen LogP contribution in [0.25, 0.3) is 10.9 Å². The van der Waals surface area contributed by atoms with Crippen molar-refractivity contribution in [3.8, 4) is 5.75 Å². The number of nitrogens with two attached hydrogens (primary N) is 1. The minimum absolute atomic E-state index is 0.259. The number of aryl methyl sites for hydroxylation is 1. The first-order chi connectivity index (χ1) is 15.0. The molecule has 0 aliphatic heterocycles. The number of ether oxygens (including phenoxy) is 1. The molecular weight excluding hydrogens is 394 g/mol. The highest BCUT2D eigenvalue weighted by Gasteiger charge is 2.12. The van der Waals surface area contributed by atoms with Crippen molar-refractivity contribution in [2.24, 2.45) is 0 Å². The van der Waals surface area contributed by atoms with E-state index in [0.29, 0.717) is 17.1 Å². The molecule has 0 unspecified atom stereocenters. The van der Waals surface area contributed by atoms with E-state index in [1.165, 1.54) is 6.33 Å². The quantitative estimate of drug-likeness (QED) is 0.353. The molecule has 0 saturated heterocycles. The SMILES string of the molecule is COc1ccc(C(=O)NNc2ncnc(Nc3cccc4nc(C)ccc34)c2N)cc1. The van der Waals surface area contributed by atoms with Crippen molar-refractivity contribution < 1.29 is 9.53 Å². The van der Waals surface area contributed by atoms with Gasteiger partial charge < -0.3 is 15.8 Å². The third-order valence-electron chi connectivity index (χ3n) is 4.65. The smallest absolute Gasteiger partial charge is 0.269 e. The molecule has 0 aliphatic carbocycles. The van der Waals surface area contributed by atoms with E-state index in [9.17, 15) is 4.79 Å². The van der Waals surface area contributed by atoms with E-state index < -0.39 is 0 Å². The number of aromatic nitrogens is 3. The standard InChI is InChI=1S/C22H21N7O2/c1-13-6-11-16-17(26-13)4-3-5-18(16)27-20-19(23)21(25-12-24-20)28-29-22(30)14-7-9-15(31-2)10-8-14/h3-12H,23H2,1-2H3,(H,29,30)(H2,24,25,27,28). The van der Waals surface area contributed by atoms with Crippen LogP contribution in [0, 0.1) is 6.92 Å². The topological polar surface area (TPSA) is 127 Å². The maximum Gasteiger partial charge on any atom is 0.269 e. The van der Waals surface area contributed by atoms with Gasteiger partial charge in [-0.05, 0) is 55.5 Å². The molecule has 0 spiro atoms. The van der Waals surface area contributed by atoms with Crippen LogP contribution in [0.1, 0.15) is 16.1 Å². The molecule has 0 fully saturated rings. The van der Waals surface area contributed by atoms with Gasteiger partial charge in [-0.2, -0.15) is 0 Å².